The van der Waals surface area contributed by atoms with E-state index in [0.29, 0.717) is 25.5 Å². The Balaban J connectivity index is 1.45. The fraction of sp³-hybridized carbons (Fsp3) is 0.300. The Bertz CT molecular complexity index is 892. The van der Waals surface area contributed by atoms with Crippen molar-refractivity contribution in [2.75, 3.05) is 13.2 Å². The van der Waals surface area contributed by atoms with Gasteiger partial charge in [0.1, 0.15) is 17.4 Å². The van der Waals surface area contributed by atoms with Gasteiger partial charge in [0, 0.05) is 35.5 Å². The van der Waals surface area contributed by atoms with Gasteiger partial charge in [-0.15, -0.1) is 0 Å². The first kappa shape index (κ1) is 20.3. The minimum absolute atomic E-state index is 0.128. The lowest BCUT2D eigenvalue weighted by atomic mass is 10.0. The zero-order chi connectivity index (χ0) is 20.1. The molecule has 2 aromatic rings. The Hall–Kier alpha value is -2.48. The highest BCUT2D eigenvalue weighted by molar-refractivity contribution is 9.10. The van der Waals surface area contributed by atoms with Crippen LogP contribution in [0.25, 0.3) is 0 Å². The second-order valence-electron chi connectivity index (χ2n) is 6.42. The molecule has 3 rings (SSSR count). The molecule has 0 bridgehead atoms. The van der Waals surface area contributed by atoms with Crippen molar-refractivity contribution in [1.29, 1.82) is 0 Å². The molecule has 148 valence electrons. The Morgan fingerprint density at radius 3 is 2.79 bits per heavy atom. The van der Waals surface area contributed by atoms with E-state index in [0.717, 1.165) is 27.9 Å². The number of nitrogens with one attached hydrogen (secondary N) is 2. The molecule has 0 fully saturated rings. The van der Waals surface area contributed by atoms with E-state index in [4.69, 9.17) is 4.74 Å². The normalized spacial score (nSPS) is 15.3. The number of halogens is 3. The molecule has 1 atom stereocenters. The fourth-order valence-electron chi connectivity index (χ4n) is 3.00. The third-order valence-electron chi connectivity index (χ3n) is 4.39. The first-order valence-electron chi connectivity index (χ1n) is 8.89. The van der Waals surface area contributed by atoms with Crippen molar-refractivity contribution in [3.63, 3.8) is 0 Å². The molecular formula is C20H19BrF2N2O3. The van der Waals surface area contributed by atoms with Crippen molar-refractivity contribution in [3.8, 4) is 5.75 Å². The molecule has 2 amide bonds. The van der Waals surface area contributed by atoms with E-state index in [1.165, 1.54) is 0 Å². The summed E-state index contributed by atoms with van der Waals surface area (Å²) in [4.78, 5) is 24.1. The number of hydrogen-bond acceptors (Lipinski definition) is 3. The number of carbonyl (C=O) groups excluding carboxylic acids is 2. The van der Waals surface area contributed by atoms with E-state index in [1.807, 2.05) is 18.2 Å². The van der Waals surface area contributed by atoms with Gasteiger partial charge in [0.05, 0.1) is 18.2 Å². The van der Waals surface area contributed by atoms with Crippen LogP contribution in [-0.2, 0) is 4.79 Å². The lowest BCUT2D eigenvalue weighted by Gasteiger charge is -2.27. The molecule has 1 aliphatic heterocycles. The molecule has 28 heavy (non-hydrogen) atoms. The molecule has 1 unspecified atom stereocenters. The van der Waals surface area contributed by atoms with Crippen molar-refractivity contribution in [3.05, 3.63) is 63.6 Å². The smallest absolute Gasteiger partial charge is 0.254 e. The van der Waals surface area contributed by atoms with Crippen LogP contribution in [0.2, 0.25) is 0 Å². The lowest BCUT2D eigenvalue weighted by molar-refractivity contribution is -0.122. The Morgan fingerprint density at radius 2 is 2.00 bits per heavy atom. The fourth-order valence-corrected chi connectivity index (χ4v) is 3.38. The van der Waals surface area contributed by atoms with Crippen LogP contribution in [-0.4, -0.2) is 25.0 Å². The van der Waals surface area contributed by atoms with Crippen LogP contribution in [0.5, 0.6) is 5.75 Å². The molecular weight excluding hydrogens is 434 g/mol. The largest absolute Gasteiger partial charge is 0.493 e. The SMILES string of the molecule is O=C(CCCNC(=O)c1ccc(F)cc1F)NC1CCOc2ccc(Br)cc21. The van der Waals surface area contributed by atoms with Gasteiger partial charge in [0.25, 0.3) is 5.91 Å². The summed E-state index contributed by atoms with van der Waals surface area (Å²) in [5, 5.41) is 5.52. The van der Waals surface area contributed by atoms with Crippen LogP contribution in [0, 0.1) is 11.6 Å². The molecule has 2 N–H and O–H groups in total. The molecule has 0 spiro atoms. The predicted molar refractivity (Wildman–Crippen MR) is 103 cm³/mol. The second-order valence-corrected chi connectivity index (χ2v) is 7.34. The van der Waals surface area contributed by atoms with Gasteiger partial charge in [-0.2, -0.15) is 0 Å². The number of ether oxygens (including phenoxy) is 1. The number of rotatable bonds is 6. The number of carbonyl (C=O) groups is 2. The summed E-state index contributed by atoms with van der Waals surface area (Å²) in [5.74, 6) is -1.68. The maximum absolute atomic E-state index is 13.6. The third-order valence-corrected chi connectivity index (χ3v) is 4.88. The summed E-state index contributed by atoms with van der Waals surface area (Å²) in [6, 6.07) is 8.32. The summed E-state index contributed by atoms with van der Waals surface area (Å²) < 4.78 is 33.0. The van der Waals surface area contributed by atoms with E-state index in [9.17, 15) is 18.4 Å². The molecule has 0 saturated carbocycles. The van der Waals surface area contributed by atoms with Gasteiger partial charge < -0.3 is 15.4 Å². The highest BCUT2D eigenvalue weighted by Crippen LogP contribution is 2.34. The summed E-state index contributed by atoms with van der Waals surface area (Å²) in [5.41, 5.74) is 0.698. The van der Waals surface area contributed by atoms with Gasteiger partial charge in [0.15, 0.2) is 0 Å². The topological polar surface area (TPSA) is 67.4 Å². The van der Waals surface area contributed by atoms with Crippen LogP contribution < -0.4 is 15.4 Å². The van der Waals surface area contributed by atoms with Crippen LogP contribution in [0.15, 0.2) is 40.9 Å². The quantitative estimate of drug-likeness (QED) is 0.653. The minimum Gasteiger partial charge on any atom is -0.493 e. The average molecular weight is 453 g/mol. The molecule has 1 aliphatic rings. The van der Waals surface area contributed by atoms with Gasteiger partial charge in [0.2, 0.25) is 5.91 Å². The van der Waals surface area contributed by atoms with E-state index in [1.54, 1.807) is 0 Å². The number of amides is 2. The van der Waals surface area contributed by atoms with E-state index in [2.05, 4.69) is 26.6 Å². The second kappa shape index (κ2) is 9.14. The van der Waals surface area contributed by atoms with E-state index < -0.39 is 17.5 Å². The van der Waals surface area contributed by atoms with Gasteiger partial charge in [-0.25, -0.2) is 8.78 Å². The molecule has 0 aromatic heterocycles. The summed E-state index contributed by atoms with van der Waals surface area (Å²) in [7, 11) is 0. The van der Waals surface area contributed by atoms with Crippen molar-refractivity contribution < 1.29 is 23.1 Å². The summed E-state index contributed by atoms with van der Waals surface area (Å²) >= 11 is 3.42. The average Bonchev–Trinajstić information content (AvgIpc) is 2.65. The van der Waals surface area contributed by atoms with Crippen LogP contribution in [0.1, 0.15) is 41.2 Å². The Kier molecular flexibility index (Phi) is 6.61. The zero-order valence-electron chi connectivity index (χ0n) is 14.9. The summed E-state index contributed by atoms with van der Waals surface area (Å²) in [6.45, 7) is 0.734. The van der Waals surface area contributed by atoms with Crippen molar-refractivity contribution in [1.82, 2.24) is 10.6 Å². The number of fused-ring (bicyclic) bond motifs is 1. The Morgan fingerprint density at radius 1 is 1.18 bits per heavy atom. The first-order chi connectivity index (χ1) is 13.4. The van der Waals surface area contributed by atoms with Crippen molar-refractivity contribution in [2.24, 2.45) is 0 Å². The standard InChI is InChI=1S/C20H19BrF2N2O3/c21-12-3-6-18-15(10-12)17(7-9-28-18)25-19(26)2-1-8-24-20(27)14-5-4-13(22)11-16(14)23/h3-6,10-11,17H,1-2,7-9H2,(H,24,27)(H,25,26). The highest BCUT2D eigenvalue weighted by atomic mass is 79.9. The maximum Gasteiger partial charge on any atom is 0.254 e. The zero-order valence-corrected chi connectivity index (χ0v) is 16.5. The molecule has 0 saturated heterocycles. The molecule has 0 aliphatic carbocycles. The minimum atomic E-state index is -0.917. The van der Waals surface area contributed by atoms with Gasteiger partial charge in [-0.05, 0) is 36.8 Å². The predicted octanol–water partition coefficient (Wildman–Crippen LogP) is 3.88. The molecule has 5 nitrogen and oxygen atoms in total. The van der Waals surface area contributed by atoms with E-state index in [-0.39, 0.29) is 30.5 Å². The molecule has 2 aromatic carbocycles. The molecule has 8 heteroatoms. The molecule has 1 heterocycles. The van der Waals surface area contributed by atoms with Crippen LogP contribution >= 0.6 is 15.9 Å². The van der Waals surface area contributed by atoms with Gasteiger partial charge in [-0.1, -0.05) is 15.9 Å². The highest BCUT2D eigenvalue weighted by Gasteiger charge is 2.23. The van der Waals surface area contributed by atoms with Gasteiger partial charge >= 0.3 is 0 Å². The number of benzene rings is 2. The number of hydrogen-bond donors (Lipinski definition) is 2. The first-order valence-corrected chi connectivity index (χ1v) is 9.68. The lowest BCUT2D eigenvalue weighted by Crippen LogP contribution is -2.33. The van der Waals surface area contributed by atoms with Gasteiger partial charge in [-0.3, -0.25) is 9.59 Å². The molecule has 0 radical (unpaired) electrons. The third kappa shape index (κ3) is 5.07. The maximum atomic E-state index is 13.6. The Labute approximate surface area is 169 Å². The monoisotopic (exact) mass is 452 g/mol. The van der Waals surface area contributed by atoms with Crippen LogP contribution in [0.4, 0.5) is 8.78 Å². The van der Waals surface area contributed by atoms with Crippen molar-refractivity contribution in [2.45, 2.75) is 25.3 Å². The van der Waals surface area contributed by atoms with Crippen LogP contribution in [0.3, 0.4) is 0 Å². The summed E-state index contributed by atoms with van der Waals surface area (Å²) in [6.07, 6.45) is 1.29. The van der Waals surface area contributed by atoms with Crippen molar-refractivity contribution >= 4 is 27.7 Å². The van der Waals surface area contributed by atoms with E-state index >= 15 is 0 Å².